The molecule has 2 aromatic carbocycles. The van der Waals surface area contributed by atoms with Crippen LogP contribution in [-0.4, -0.2) is 4.92 Å². The fourth-order valence-electron chi connectivity index (χ4n) is 1.57. The lowest BCUT2D eigenvalue weighted by atomic mass is 10.2. The maximum absolute atomic E-state index is 13.4. The highest BCUT2D eigenvalue weighted by atomic mass is 79.9. The van der Waals surface area contributed by atoms with Crippen LogP contribution in [-0.2, 0) is 6.54 Å². The third-order valence-electron chi connectivity index (χ3n) is 2.55. The normalized spacial score (nSPS) is 10.2. The van der Waals surface area contributed by atoms with Gasteiger partial charge in [-0.2, -0.15) is 4.39 Å². The van der Waals surface area contributed by atoms with Crippen LogP contribution in [0.5, 0.6) is 0 Å². The summed E-state index contributed by atoms with van der Waals surface area (Å²) in [6.07, 6.45) is 0. The van der Waals surface area contributed by atoms with Gasteiger partial charge in [-0.3, -0.25) is 10.1 Å². The van der Waals surface area contributed by atoms with Crippen molar-refractivity contribution in [2.45, 2.75) is 6.54 Å². The highest BCUT2D eigenvalue weighted by molar-refractivity contribution is 9.10. The first-order valence-electron chi connectivity index (χ1n) is 5.48. The quantitative estimate of drug-likeness (QED) is 0.680. The van der Waals surface area contributed by atoms with Gasteiger partial charge in [0.25, 0.3) is 0 Å². The smallest absolute Gasteiger partial charge is 0.304 e. The van der Waals surface area contributed by atoms with Crippen LogP contribution in [0.2, 0.25) is 0 Å². The Morgan fingerprint density at radius 3 is 2.47 bits per heavy atom. The Kier molecular flexibility index (Phi) is 4.11. The molecule has 0 aliphatic rings. The van der Waals surface area contributed by atoms with Crippen LogP contribution < -0.4 is 5.32 Å². The SMILES string of the molecule is O=[N+]([O-])c1ccc(NCc2ccc(Br)cc2)cc1F. The summed E-state index contributed by atoms with van der Waals surface area (Å²) in [5.74, 6) is -0.842. The molecule has 0 atom stereocenters. The number of hydrogen-bond acceptors (Lipinski definition) is 3. The molecule has 0 unspecified atom stereocenters. The molecule has 0 amide bonds. The topological polar surface area (TPSA) is 55.2 Å². The third-order valence-corrected chi connectivity index (χ3v) is 3.08. The van der Waals surface area contributed by atoms with Crippen LogP contribution in [0.15, 0.2) is 46.9 Å². The maximum atomic E-state index is 13.4. The number of anilines is 1. The van der Waals surface area contributed by atoms with Crippen molar-refractivity contribution in [2.24, 2.45) is 0 Å². The van der Waals surface area contributed by atoms with Crippen molar-refractivity contribution >= 4 is 27.3 Å². The highest BCUT2D eigenvalue weighted by Crippen LogP contribution is 2.21. The number of nitrogens with one attached hydrogen (secondary N) is 1. The maximum Gasteiger partial charge on any atom is 0.304 e. The summed E-state index contributed by atoms with van der Waals surface area (Å²) in [6, 6.07) is 11.4. The van der Waals surface area contributed by atoms with E-state index in [0.29, 0.717) is 12.2 Å². The van der Waals surface area contributed by atoms with E-state index in [-0.39, 0.29) is 0 Å². The van der Waals surface area contributed by atoms with E-state index in [1.165, 1.54) is 6.07 Å². The lowest BCUT2D eigenvalue weighted by Gasteiger charge is -2.06. The van der Waals surface area contributed by atoms with E-state index >= 15 is 0 Å². The Balaban J connectivity index is 2.06. The van der Waals surface area contributed by atoms with Crippen molar-refractivity contribution in [2.75, 3.05) is 5.32 Å². The number of nitro groups is 1. The number of nitro benzene ring substituents is 1. The van der Waals surface area contributed by atoms with Crippen LogP contribution in [0, 0.1) is 15.9 Å². The predicted octanol–water partition coefficient (Wildman–Crippen LogP) is 4.11. The number of halogens is 2. The van der Waals surface area contributed by atoms with Crippen molar-refractivity contribution in [1.29, 1.82) is 0 Å². The standard InChI is InChI=1S/C13H10BrFN2O2/c14-10-3-1-9(2-4-10)8-16-11-5-6-13(17(18)19)12(15)7-11/h1-7,16H,8H2. The number of nitrogens with zero attached hydrogens (tertiary/aromatic N) is 1. The molecule has 0 saturated carbocycles. The molecule has 0 bridgehead atoms. The molecule has 0 aliphatic carbocycles. The van der Waals surface area contributed by atoms with E-state index in [0.717, 1.165) is 22.2 Å². The summed E-state index contributed by atoms with van der Waals surface area (Å²) >= 11 is 3.34. The first-order chi connectivity index (χ1) is 9.06. The second-order valence-corrected chi connectivity index (χ2v) is 4.82. The fourth-order valence-corrected chi connectivity index (χ4v) is 1.84. The Labute approximate surface area is 117 Å². The minimum atomic E-state index is -0.842. The van der Waals surface area contributed by atoms with Crippen molar-refractivity contribution in [3.8, 4) is 0 Å². The van der Waals surface area contributed by atoms with Gasteiger partial charge < -0.3 is 5.32 Å². The molecular weight excluding hydrogens is 315 g/mol. The molecule has 0 spiro atoms. The molecule has 19 heavy (non-hydrogen) atoms. The zero-order valence-corrected chi connectivity index (χ0v) is 11.4. The van der Waals surface area contributed by atoms with E-state index in [1.54, 1.807) is 0 Å². The first-order valence-corrected chi connectivity index (χ1v) is 6.28. The zero-order chi connectivity index (χ0) is 13.8. The molecule has 98 valence electrons. The van der Waals surface area contributed by atoms with Crippen LogP contribution in [0.1, 0.15) is 5.56 Å². The summed E-state index contributed by atoms with van der Waals surface area (Å²) in [5.41, 5.74) is 1.02. The molecular formula is C13H10BrFN2O2. The Morgan fingerprint density at radius 1 is 1.21 bits per heavy atom. The van der Waals surface area contributed by atoms with E-state index < -0.39 is 16.4 Å². The Hall–Kier alpha value is -1.95. The van der Waals surface area contributed by atoms with E-state index in [4.69, 9.17) is 0 Å². The molecule has 1 N–H and O–H groups in total. The lowest BCUT2D eigenvalue weighted by molar-refractivity contribution is -0.387. The first kappa shape index (κ1) is 13.5. The van der Waals surface area contributed by atoms with Crippen LogP contribution in [0.4, 0.5) is 15.8 Å². The molecule has 2 aromatic rings. The molecule has 0 fully saturated rings. The lowest BCUT2D eigenvalue weighted by Crippen LogP contribution is -2.00. The number of benzene rings is 2. The van der Waals surface area contributed by atoms with E-state index in [9.17, 15) is 14.5 Å². The average molecular weight is 325 g/mol. The van der Waals surface area contributed by atoms with Gasteiger partial charge >= 0.3 is 5.69 Å². The van der Waals surface area contributed by atoms with Gasteiger partial charge in [0, 0.05) is 28.8 Å². The highest BCUT2D eigenvalue weighted by Gasteiger charge is 2.13. The summed E-state index contributed by atoms with van der Waals surface area (Å²) in [6.45, 7) is 0.518. The molecule has 0 saturated heterocycles. The fraction of sp³-hybridized carbons (Fsp3) is 0.0769. The predicted molar refractivity (Wildman–Crippen MR) is 74.5 cm³/mol. The molecule has 4 nitrogen and oxygen atoms in total. The Bertz CT molecular complexity index is 602. The van der Waals surface area contributed by atoms with Gasteiger partial charge in [0.05, 0.1) is 4.92 Å². The van der Waals surface area contributed by atoms with Crippen molar-refractivity contribution < 1.29 is 9.31 Å². The summed E-state index contributed by atoms with van der Waals surface area (Å²) in [4.78, 5) is 9.74. The zero-order valence-electron chi connectivity index (χ0n) is 9.77. The molecule has 0 aromatic heterocycles. The van der Waals surface area contributed by atoms with Gasteiger partial charge in [-0.25, -0.2) is 0 Å². The van der Waals surface area contributed by atoms with Gasteiger partial charge in [-0.05, 0) is 23.8 Å². The largest absolute Gasteiger partial charge is 0.381 e. The van der Waals surface area contributed by atoms with Gasteiger partial charge in [0.1, 0.15) is 0 Å². The molecule has 0 aliphatic heterocycles. The van der Waals surface area contributed by atoms with E-state index in [1.807, 2.05) is 24.3 Å². The minimum Gasteiger partial charge on any atom is -0.381 e. The second-order valence-electron chi connectivity index (χ2n) is 3.90. The van der Waals surface area contributed by atoms with Crippen LogP contribution >= 0.6 is 15.9 Å². The Morgan fingerprint density at radius 2 is 1.89 bits per heavy atom. The summed E-state index contributed by atoms with van der Waals surface area (Å²) in [5, 5.41) is 13.5. The van der Waals surface area contributed by atoms with Gasteiger partial charge in [-0.15, -0.1) is 0 Å². The number of hydrogen-bond donors (Lipinski definition) is 1. The van der Waals surface area contributed by atoms with Crippen molar-refractivity contribution in [3.63, 3.8) is 0 Å². The van der Waals surface area contributed by atoms with Crippen molar-refractivity contribution in [3.05, 3.63) is 68.4 Å². The van der Waals surface area contributed by atoms with E-state index in [2.05, 4.69) is 21.2 Å². The van der Waals surface area contributed by atoms with Gasteiger partial charge in [-0.1, -0.05) is 28.1 Å². The summed E-state index contributed by atoms with van der Waals surface area (Å²) < 4.78 is 14.4. The van der Waals surface area contributed by atoms with Crippen LogP contribution in [0.3, 0.4) is 0 Å². The van der Waals surface area contributed by atoms with Gasteiger partial charge in [0.2, 0.25) is 5.82 Å². The molecule has 2 rings (SSSR count). The number of rotatable bonds is 4. The third kappa shape index (κ3) is 3.51. The molecule has 0 radical (unpaired) electrons. The van der Waals surface area contributed by atoms with Crippen molar-refractivity contribution in [1.82, 2.24) is 0 Å². The molecule has 6 heteroatoms. The average Bonchev–Trinajstić information content (AvgIpc) is 2.37. The summed E-state index contributed by atoms with van der Waals surface area (Å²) in [7, 11) is 0. The van der Waals surface area contributed by atoms with Gasteiger partial charge in [0.15, 0.2) is 0 Å². The molecule has 0 heterocycles. The van der Waals surface area contributed by atoms with Crippen LogP contribution in [0.25, 0.3) is 0 Å². The second kappa shape index (κ2) is 5.79. The monoisotopic (exact) mass is 324 g/mol. The minimum absolute atomic E-state index is 0.506.